The largest absolute Gasteiger partial charge is 0.380 e. The molecule has 0 saturated carbocycles. The molecule has 4 nitrogen and oxygen atoms in total. The summed E-state index contributed by atoms with van der Waals surface area (Å²) in [5, 5.41) is 8.13. The van der Waals surface area contributed by atoms with Crippen LogP contribution < -0.4 is 10.5 Å². The second-order valence-corrected chi connectivity index (χ2v) is 6.59. The minimum Gasteiger partial charge on any atom is -0.380 e. The van der Waals surface area contributed by atoms with Crippen molar-refractivity contribution in [2.24, 2.45) is 5.14 Å². The number of benzene rings is 2. The zero-order chi connectivity index (χ0) is 14.8. The average molecular weight is 359 g/mol. The van der Waals surface area contributed by atoms with Crippen molar-refractivity contribution in [2.45, 2.75) is 11.4 Å². The Morgan fingerprint density at radius 1 is 1.20 bits per heavy atom. The third-order valence-corrected chi connectivity index (χ3v) is 4.21. The van der Waals surface area contributed by atoms with Crippen molar-refractivity contribution in [2.75, 3.05) is 5.32 Å². The molecule has 106 valence electrons. The summed E-state index contributed by atoms with van der Waals surface area (Å²) in [5.74, 6) is -0.298. The van der Waals surface area contributed by atoms with Gasteiger partial charge in [-0.2, -0.15) is 0 Å². The fourth-order valence-electron chi connectivity index (χ4n) is 1.66. The van der Waals surface area contributed by atoms with Crippen molar-refractivity contribution in [1.29, 1.82) is 0 Å². The van der Waals surface area contributed by atoms with Gasteiger partial charge >= 0.3 is 0 Å². The summed E-state index contributed by atoms with van der Waals surface area (Å²) >= 11 is 3.27. The molecule has 0 atom stereocenters. The molecule has 0 heterocycles. The zero-order valence-electron chi connectivity index (χ0n) is 10.3. The van der Waals surface area contributed by atoms with Crippen LogP contribution in [0.5, 0.6) is 0 Å². The highest BCUT2D eigenvalue weighted by atomic mass is 79.9. The lowest BCUT2D eigenvalue weighted by molar-refractivity contribution is 0.597. The molecule has 0 radical (unpaired) electrons. The lowest BCUT2D eigenvalue weighted by atomic mass is 10.2. The molecule has 2 aromatic rings. The first kappa shape index (κ1) is 15.0. The predicted octanol–water partition coefficient (Wildman–Crippen LogP) is 2.85. The van der Waals surface area contributed by atoms with Gasteiger partial charge in [0.15, 0.2) is 0 Å². The molecule has 0 spiro atoms. The number of nitrogens with one attached hydrogen (secondary N) is 1. The number of anilines is 1. The normalized spacial score (nSPS) is 11.3. The van der Waals surface area contributed by atoms with Gasteiger partial charge in [-0.3, -0.25) is 0 Å². The highest BCUT2D eigenvalue weighted by Crippen LogP contribution is 2.25. The van der Waals surface area contributed by atoms with Gasteiger partial charge in [0.05, 0.1) is 4.90 Å². The van der Waals surface area contributed by atoms with E-state index in [1.165, 1.54) is 24.3 Å². The van der Waals surface area contributed by atoms with Crippen LogP contribution in [0.25, 0.3) is 0 Å². The van der Waals surface area contributed by atoms with E-state index in [1.807, 2.05) is 0 Å². The Kier molecular flexibility index (Phi) is 4.42. The molecular formula is C13H12BrFN2O2S. The molecule has 2 rings (SSSR count). The quantitative estimate of drug-likeness (QED) is 0.882. The van der Waals surface area contributed by atoms with E-state index in [-0.39, 0.29) is 10.7 Å². The van der Waals surface area contributed by atoms with Crippen LogP contribution in [0.15, 0.2) is 51.8 Å². The number of primary sulfonamides is 1. The minimum atomic E-state index is -3.72. The maximum Gasteiger partial charge on any atom is 0.238 e. The Bertz CT molecular complexity index is 735. The highest BCUT2D eigenvalue weighted by molar-refractivity contribution is 9.10. The van der Waals surface area contributed by atoms with Crippen molar-refractivity contribution >= 4 is 31.6 Å². The van der Waals surface area contributed by atoms with E-state index in [0.29, 0.717) is 16.7 Å². The Hall–Kier alpha value is -1.44. The molecule has 2 aromatic carbocycles. The maximum absolute atomic E-state index is 13.0. The van der Waals surface area contributed by atoms with Crippen LogP contribution in [0.4, 0.5) is 10.1 Å². The standard InChI is InChI=1S/C13H12BrFN2O2S/c14-12-7-11(20(16,18)19)4-5-13(12)17-8-9-2-1-3-10(15)6-9/h1-7,17H,8H2,(H2,16,18,19). The van der Waals surface area contributed by atoms with Gasteiger partial charge in [-0.1, -0.05) is 12.1 Å². The fourth-order valence-corrected chi connectivity index (χ4v) is 2.87. The number of hydrogen-bond donors (Lipinski definition) is 2. The number of hydrogen-bond acceptors (Lipinski definition) is 3. The summed E-state index contributed by atoms with van der Waals surface area (Å²) in [5.41, 5.74) is 1.48. The molecule has 0 saturated heterocycles. The van der Waals surface area contributed by atoms with Gasteiger partial charge in [0.1, 0.15) is 5.82 Å². The molecule has 0 unspecified atom stereocenters. The summed E-state index contributed by atoms with van der Waals surface area (Å²) in [6.07, 6.45) is 0. The van der Waals surface area contributed by atoms with Crippen molar-refractivity contribution in [1.82, 2.24) is 0 Å². The maximum atomic E-state index is 13.0. The molecule has 0 aliphatic heterocycles. The van der Waals surface area contributed by atoms with Crippen molar-refractivity contribution in [3.05, 3.63) is 58.3 Å². The molecule has 0 aromatic heterocycles. The van der Waals surface area contributed by atoms with E-state index in [4.69, 9.17) is 5.14 Å². The third-order valence-electron chi connectivity index (χ3n) is 2.64. The fraction of sp³-hybridized carbons (Fsp3) is 0.0769. The second-order valence-electron chi connectivity index (χ2n) is 4.17. The van der Waals surface area contributed by atoms with Crippen molar-refractivity contribution < 1.29 is 12.8 Å². The van der Waals surface area contributed by atoms with Crippen LogP contribution in [-0.4, -0.2) is 8.42 Å². The first-order valence-corrected chi connectivity index (χ1v) is 8.01. The van der Waals surface area contributed by atoms with Gasteiger partial charge < -0.3 is 5.32 Å². The van der Waals surface area contributed by atoms with Crippen LogP contribution in [0, 0.1) is 5.82 Å². The molecule has 0 fully saturated rings. The first-order chi connectivity index (χ1) is 9.36. The molecular weight excluding hydrogens is 347 g/mol. The van der Waals surface area contributed by atoms with Gasteiger partial charge in [0.2, 0.25) is 10.0 Å². The summed E-state index contributed by atoms with van der Waals surface area (Å²) < 4.78 is 36.0. The van der Waals surface area contributed by atoms with E-state index in [1.54, 1.807) is 18.2 Å². The molecule has 20 heavy (non-hydrogen) atoms. The Morgan fingerprint density at radius 3 is 2.55 bits per heavy atom. The second kappa shape index (κ2) is 5.90. The number of rotatable bonds is 4. The summed E-state index contributed by atoms with van der Waals surface area (Å²) in [4.78, 5) is 0.0284. The molecule has 0 aliphatic carbocycles. The van der Waals surface area contributed by atoms with E-state index >= 15 is 0 Å². The Labute approximate surface area is 125 Å². The molecule has 0 aliphatic rings. The van der Waals surface area contributed by atoms with E-state index in [2.05, 4.69) is 21.2 Å². The van der Waals surface area contributed by atoms with Gasteiger partial charge in [-0.25, -0.2) is 17.9 Å². The first-order valence-electron chi connectivity index (χ1n) is 5.67. The lowest BCUT2D eigenvalue weighted by Crippen LogP contribution is -2.12. The Morgan fingerprint density at radius 2 is 1.95 bits per heavy atom. The highest BCUT2D eigenvalue weighted by Gasteiger charge is 2.10. The molecule has 7 heteroatoms. The minimum absolute atomic E-state index is 0.0284. The lowest BCUT2D eigenvalue weighted by Gasteiger charge is -2.10. The molecule has 3 N–H and O–H groups in total. The molecule has 0 amide bonds. The predicted molar refractivity (Wildman–Crippen MR) is 79.2 cm³/mol. The van der Waals surface area contributed by atoms with Gasteiger partial charge in [-0.05, 0) is 51.8 Å². The van der Waals surface area contributed by atoms with E-state index in [0.717, 1.165) is 5.56 Å². The monoisotopic (exact) mass is 358 g/mol. The van der Waals surface area contributed by atoms with Gasteiger partial charge in [0, 0.05) is 16.7 Å². The smallest absolute Gasteiger partial charge is 0.238 e. The Balaban J connectivity index is 2.15. The number of sulfonamides is 1. The van der Waals surface area contributed by atoms with E-state index < -0.39 is 10.0 Å². The van der Waals surface area contributed by atoms with Crippen LogP contribution in [-0.2, 0) is 16.6 Å². The number of nitrogens with two attached hydrogens (primary N) is 1. The van der Waals surface area contributed by atoms with E-state index in [9.17, 15) is 12.8 Å². The SMILES string of the molecule is NS(=O)(=O)c1ccc(NCc2cccc(F)c2)c(Br)c1. The summed E-state index contributed by atoms with van der Waals surface area (Å²) in [6.45, 7) is 0.422. The van der Waals surface area contributed by atoms with Crippen molar-refractivity contribution in [3.8, 4) is 0 Å². The average Bonchev–Trinajstić information content (AvgIpc) is 2.36. The molecule has 0 bridgehead atoms. The van der Waals surface area contributed by atoms with Crippen LogP contribution in [0.2, 0.25) is 0 Å². The van der Waals surface area contributed by atoms with Gasteiger partial charge in [-0.15, -0.1) is 0 Å². The summed E-state index contributed by atoms with van der Waals surface area (Å²) in [7, 11) is -3.72. The zero-order valence-corrected chi connectivity index (χ0v) is 12.7. The third kappa shape index (κ3) is 3.78. The number of halogens is 2. The van der Waals surface area contributed by atoms with Crippen LogP contribution >= 0.6 is 15.9 Å². The van der Waals surface area contributed by atoms with Crippen LogP contribution in [0.3, 0.4) is 0 Å². The van der Waals surface area contributed by atoms with Crippen LogP contribution in [0.1, 0.15) is 5.56 Å². The topological polar surface area (TPSA) is 72.2 Å². The van der Waals surface area contributed by atoms with Crippen molar-refractivity contribution in [3.63, 3.8) is 0 Å². The van der Waals surface area contributed by atoms with Gasteiger partial charge in [0.25, 0.3) is 0 Å². The summed E-state index contributed by atoms with van der Waals surface area (Å²) in [6, 6.07) is 10.7.